The number of rotatable bonds is 4. The van der Waals surface area contributed by atoms with Crippen LogP contribution >= 0.6 is 0 Å². The zero-order valence-corrected chi connectivity index (χ0v) is 19.2. The first-order valence-electron chi connectivity index (χ1n) is 12.0. The Labute approximate surface area is 200 Å². The van der Waals surface area contributed by atoms with E-state index in [-0.39, 0.29) is 24.9 Å². The number of carbonyl (C=O) groups is 1. The third-order valence-corrected chi connectivity index (χ3v) is 7.46. The van der Waals surface area contributed by atoms with Crippen LogP contribution in [0.1, 0.15) is 58.5 Å². The van der Waals surface area contributed by atoms with Crippen LogP contribution in [-0.4, -0.2) is 44.7 Å². The van der Waals surface area contributed by atoms with Crippen LogP contribution in [0.25, 0.3) is 11.0 Å². The molecular weight excluding hydrogens is 450 g/mol. The maximum absolute atomic E-state index is 13.8. The third kappa shape index (κ3) is 3.17. The molecule has 178 valence electrons. The van der Waals surface area contributed by atoms with Crippen molar-refractivity contribution < 1.29 is 13.6 Å². The lowest BCUT2D eigenvalue weighted by Gasteiger charge is -2.27. The van der Waals surface area contributed by atoms with Crippen molar-refractivity contribution in [3.63, 3.8) is 0 Å². The molecule has 2 aromatic heterocycles. The molecule has 2 aromatic carbocycles. The van der Waals surface area contributed by atoms with Crippen molar-refractivity contribution in [2.75, 3.05) is 22.9 Å². The van der Waals surface area contributed by atoms with E-state index in [2.05, 4.69) is 9.97 Å². The van der Waals surface area contributed by atoms with E-state index < -0.39 is 5.92 Å². The highest BCUT2D eigenvalue weighted by Crippen LogP contribution is 2.50. The molecule has 0 bridgehead atoms. The summed E-state index contributed by atoms with van der Waals surface area (Å²) in [6.45, 7) is 0.0747. The molecule has 2 fully saturated rings. The van der Waals surface area contributed by atoms with Crippen molar-refractivity contribution in [2.45, 2.75) is 37.1 Å². The number of carbonyl (C=O) groups excluding carboxylic acids is 1. The predicted octanol–water partition coefficient (Wildman–Crippen LogP) is 4.77. The van der Waals surface area contributed by atoms with Gasteiger partial charge in [0.1, 0.15) is 5.69 Å². The van der Waals surface area contributed by atoms with Gasteiger partial charge in [0.2, 0.25) is 0 Å². The molecule has 4 heterocycles. The molecule has 2 aliphatic heterocycles. The Bertz CT molecular complexity index is 1470. The minimum atomic E-state index is -2.65. The minimum Gasteiger partial charge on any atom is -0.365 e. The van der Waals surface area contributed by atoms with E-state index in [4.69, 9.17) is 5.10 Å². The predicted molar refractivity (Wildman–Crippen MR) is 128 cm³/mol. The van der Waals surface area contributed by atoms with Gasteiger partial charge in [0.15, 0.2) is 0 Å². The van der Waals surface area contributed by atoms with Gasteiger partial charge in [-0.05, 0) is 48.7 Å². The Kier molecular flexibility index (Phi) is 4.20. The molecule has 7 nitrogen and oxygen atoms in total. The first-order valence-corrected chi connectivity index (χ1v) is 12.0. The van der Waals surface area contributed by atoms with E-state index in [0.29, 0.717) is 18.2 Å². The van der Waals surface area contributed by atoms with Gasteiger partial charge in [-0.15, -0.1) is 0 Å². The topological polar surface area (TPSA) is 70.0 Å². The normalized spacial score (nSPS) is 21.3. The second-order valence-corrected chi connectivity index (χ2v) is 9.85. The zero-order valence-electron chi connectivity index (χ0n) is 19.2. The highest BCUT2D eigenvalue weighted by molar-refractivity contribution is 6.11. The van der Waals surface area contributed by atoms with Gasteiger partial charge in [0, 0.05) is 42.9 Å². The van der Waals surface area contributed by atoms with Gasteiger partial charge in [-0.2, -0.15) is 5.10 Å². The van der Waals surface area contributed by atoms with Crippen LogP contribution in [-0.2, 0) is 7.05 Å². The molecule has 3 aliphatic rings. The van der Waals surface area contributed by atoms with Gasteiger partial charge >= 0.3 is 0 Å². The van der Waals surface area contributed by atoms with E-state index in [1.54, 1.807) is 15.9 Å². The summed E-state index contributed by atoms with van der Waals surface area (Å²) in [5.41, 5.74) is 6.73. The molecule has 35 heavy (non-hydrogen) atoms. The van der Waals surface area contributed by atoms with Crippen LogP contribution < -0.4 is 9.80 Å². The number of imidazole rings is 1. The molecule has 1 N–H and O–H groups in total. The molecule has 7 rings (SSSR count). The lowest BCUT2D eigenvalue weighted by Crippen LogP contribution is -2.30. The highest BCUT2D eigenvalue weighted by Gasteiger charge is 2.47. The van der Waals surface area contributed by atoms with Crippen molar-refractivity contribution in [1.29, 1.82) is 0 Å². The minimum absolute atomic E-state index is 0.0925. The molecule has 1 aliphatic carbocycles. The number of alkyl halides is 2. The van der Waals surface area contributed by atoms with Crippen molar-refractivity contribution in [2.24, 2.45) is 7.05 Å². The van der Waals surface area contributed by atoms with E-state index >= 15 is 0 Å². The Morgan fingerprint density at radius 3 is 2.57 bits per heavy atom. The molecule has 9 heteroatoms. The van der Waals surface area contributed by atoms with E-state index in [1.807, 2.05) is 54.4 Å². The largest absolute Gasteiger partial charge is 0.365 e. The number of hydrogen-bond donors (Lipinski definition) is 1. The maximum atomic E-state index is 13.8. The summed E-state index contributed by atoms with van der Waals surface area (Å²) in [4.78, 5) is 24.8. The van der Waals surface area contributed by atoms with E-state index in [1.165, 1.54) is 0 Å². The first kappa shape index (κ1) is 20.6. The molecule has 1 saturated carbocycles. The fourth-order valence-electron chi connectivity index (χ4n) is 5.58. The number of nitrogens with zero attached hydrogens (tertiary/aromatic N) is 5. The molecule has 1 saturated heterocycles. The second kappa shape index (κ2) is 7.13. The van der Waals surface area contributed by atoms with Gasteiger partial charge in [-0.25, -0.2) is 13.8 Å². The smallest absolute Gasteiger partial charge is 0.277 e. The summed E-state index contributed by atoms with van der Waals surface area (Å²) in [5.74, 6) is -2.37. The van der Waals surface area contributed by atoms with Crippen LogP contribution in [0.4, 0.5) is 20.2 Å². The number of halogens is 2. The molecule has 1 unspecified atom stereocenters. The zero-order chi connectivity index (χ0) is 23.9. The summed E-state index contributed by atoms with van der Waals surface area (Å²) in [6, 6.07) is 13.2. The number of aromatic nitrogens is 4. The fraction of sp³-hybridized carbons (Fsp3) is 0.346. The standard InChI is InChI=1S/C26H24F2N6O/c1-32-24-21(22(31-32)15-2-3-15)23(16-4-6-17(7-5-16)33-11-10-26(27,28)13-33)34(25(24)35)18-8-9-19-20(12-18)30-14-29-19/h4-9,12,14-15,23H,2-3,10-11,13H2,1H3,(H,29,30). The van der Waals surface area contributed by atoms with E-state index in [9.17, 15) is 13.6 Å². The maximum Gasteiger partial charge on any atom is 0.277 e. The number of aromatic amines is 1. The number of anilines is 2. The molecule has 1 amide bonds. The van der Waals surface area contributed by atoms with Crippen LogP contribution in [0.15, 0.2) is 48.8 Å². The van der Waals surface area contributed by atoms with Gasteiger partial charge in [-0.3, -0.25) is 14.4 Å². The third-order valence-electron chi connectivity index (χ3n) is 7.46. The van der Waals surface area contributed by atoms with Crippen molar-refractivity contribution in [3.8, 4) is 0 Å². The lowest BCUT2D eigenvalue weighted by atomic mass is 9.96. The second-order valence-electron chi connectivity index (χ2n) is 9.85. The first-order chi connectivity index (χ1) is 16.9. The number of fused-ring (bicyclic) bond motifs is 2. The SMILES string of the molecule is Cn1nc(C2CC2)c2c1C(=O)N(c1ccc3[nH]cnc3c1)C2c1ccc(N2CCC(F)(F)C2)cc1. The highest BCUT2D eigenvalue weighted by atomic mass is 19.3. The quantitative estimate of drug-likeness (QED) is 0.463. The number of benzene rings is 2. The van der Waals surface area contributed by atoms with Crippen molar-refractivity contribution in [1.82, 2.24) is 19.7 Å². The molecule has 4 aromatic rings. The number of aryl methyl sites for hydroxylation is 1. The average molecular weight is 475 g/mol. The number of hydrogen-bond acceptors (Lipinski definition) is 4. The summed E-state index contributed by atoms with van der Waals surface area (Å²) < 4.78 is 29.2. The van der Waals surface area contributed by atoms with Gasteiger partial charge in [0.05, 0.1) is 35.6 Å². The van der Waals surface area contributed by atoms with Crippen LogP contribution in [0, 0.1) is 0 Å². The number of amides is 1. The number of H-pyrrole nitrogens is 1. The summed E-state index contributed by atoms with van der Waals surface area (Å²) in [6.07, 6.45) is 3.67. The Morgan fingerprint density at radius 2 is 1.86 bits per heavy atom. The van der Waals surface area contributed by atoms with Gasteiger partial charge in [0.25, 0.3) is 11.8 Å². The molecule has 0 radical (unpaired) electrons. The van der Waals surface area contributed by atoms with Crippen LogP contribution in [0.3, 0.4) is 0 Å². The van der Waals surface area contributed by atoms with Gasteiger partial charge < -0.3 is 9.88 Å². The molecular formula is C26H24F2N6O. The van der Waals surface area contributed by atoms with E-state index in [0.717, 1.165) is 52.1 Å². The lowest BCUT2D eigenvalue weighted by molar-refractivity contribution is 0.0257. The van der Waals surface area contributed by atoms with Crippen molar-refractivity contribution in [3.05, 3.63) is 71.3 Å². The fourth-order valence-corrected chi connectivity index (χ4v) is 5.58. The summed E-state index contributed by atoms with van der Waals surface area (Å²) in [5, 5.41) is 4.75. The van der Waals surface area contributed by atoms with Crippen LogP contribution in [0.2, 0.25) is 0 Å². The Hall–Kier alpha value is -3.75. The molecule has 1 atom stereocenters. The summed E-state index contributed by atoms with van der Waals surface area (Å²) >= 11 is 0. The monoisotopic (exact) mass is 474 g/mol. The Morgan fingerprint density at radius 1 is 1.09 bits per heavy atom. The van der Waals surface area contributed by atoms with Crippen LogP contribution in [0.5, 0.6) is 0 Å². The Balaban J connectivity index is 1.34. The van der Waals surface area contributed by atoms with Crippen molar-refractivity contribution >= 4 is 28.3 Å². The van der Waals surface area contributed by atoms with Gasteiger partial charge in [-0.1, -0.05) is 12.1 Å². The summed E-state index contributed by atoms with van der Waals surface area (Å²) in [7, 11) is 1.83. The average Bonchev–Trinajstić information content (AvgIpc) is 3.17. The number of nitrogens with one attached hydrogen (secondary N) is 1. The molecule has 0 spiro atoms.